The van der Waals surface area contributed by atoms with Crippen molar-refractivity contribution in [2.24, 2.45) is 5.92 Å². The van der Waals surface area contributed by atoms with Gasteiger partial charge in [-0.3, -0.25) is 9.59 Å². The van der Waals surface area contributed by atoms with E-state index in [2.05, 4.69) is 10.2 Å². The summed E-state index contributed by atoms with van der Waals surface area (Å²) in [6.45, 7) is 1.85. The third-order valence-corrected chi connectivity index (χ3v) is 6.72. The maximum atomic E-state index is 13.2. The van der Waals surface area contributed by atoms with Crippen molar-refractivity contribution in [1.29, 1.82) is 0 Å². The van der Waals surface area contributed by atoms with Crippen LogP contribution in [0.4, 0.5) is 11.4 Å². The molecule has 1 saturated heterocycles. The minimum atomic E-state index is 0.0906. The molecule has 2 fully saturated rings. The van der Waals surface area contributed by atoms with Crippen LogP contribution in [0.5, 0.6) is 0 Å². The van der Waals surface area contributed by atoms with Crippen molar-refractivity contribution in [2.45, 2.75) is 44.8 Å². The minimum Gasteiger partial charge on any atom is -0.377 e. The Kier molecular flexibility index (Phi) is 6.92. The number of rotatable bonds is 9. The molecule has 1 aliphatic carbocycles. The topological polar surface area (TPSA) is 61.9 Å². The smallest absolute Gasteiger partial charge is 0.228 e. The molecule has 31 heavy (non-hydrogen) atoms. The monoisotopic (exact) mass is 441 g/mol. The number of carbonyl (C=O) groups excluding carboxylic acids is 2. The molecule has 1 unspecified atom stereocenters. The second-order valence-electron chi connectivity index (χ2n) is 8.67. The number of carbonyl (C=O) groups is 2. The van der Waals surface area contributed by atoms with Crippen LogP contribution in [-0.4, -0.2) is 50.1 Å². The quantitative estimate of drug-likeness (QED) is 0.641. The van der Waals surface area contributed by atoms with Gasteiger partial charge in [0.1, 0.15) is 0 Å². The largest absolute Gasteiger partial charge is 0.377 e. The van der Waals surface area contributed by atoms with Crippen LogP contribution in [0.2, 0.25) is 0 Å². The van der Waals surface area contributed by atoms with E-state index in [4.69, 9.17) is 4.74 Å². The summed E-state index contributed by atoms with van der Waals surface area (Å²) in [7, 11) is 4.00. The average Bonchev–Trinajstić information content (AvgIpc) is 3.23. The first-order chi connectivity index (χ1) is 15.0. The van der Waals surface area contributed by atoms with Gasteiger partial charge in [-0.1, -0.05) is 6.07 Å². The van der Waals surface area contributed by atoms with Crippen molar-refractivity contribution in [1.82, 2.24) is 4.90 Å². The highest BCUT2D eigenvalue weighted by molar-refractivity contribution is 7.10. The Balaban J connectivity index is 1.55. The van der Waals surface area contributed by atoms with Crippen LogP contribution < -0.4 is 10.2 Å². The van der Waals surface area contributed by atoms with Crippen molar-refractivity contribution in [3.63, 3.8) is 0 Å². The highest BCUT2D eigenvalue weighted by Gasteiger charge is 2.30. The number of hydrogen-bond donors (Lipinski definition) is 1. The van der Waals surface area contributed by atoms with Gasteiger partial charge in [-0.2, -0.15) is 0 Å². The van der Waals surface area contributed by atoms with Gasteiger partial charge in [0.25, 0.3) is 0 Å². The number of ether oxygens (including phenoxy) is 1. The van der Waals surface area contributed by atoms with Gasteiger partial charge in [0, 0.05) is 56.0 Å². The number of benzene rings is 1. The molecule has 1 atom stereocenters. The Morgan fingerprint density at radius 2 is 2.03 bits per heavy atom. The second-order valence-corrected chi connectivity index (χ2v) is 9.70. The predicted molar refractivity (Wildman–Crippen MR) is 125 cm³/mol. The lowest BCUT2D eigenvalue weighted by Gasteiger charge is -2.28. The summed E-state index contributed by atoms with van der Waals surface area (Å²) in [5.74, 6) is 0.351. The van der Waals surface area contributed by atoms with Crippen LogP contribution in [0.1, 0.15) is 36.1 Å². The average molecular weight is 442 g/mol. The number of nitrogens with zero attached hydrogens (tertiary/aromatic N) is 2. The third-order valence-electron chi connectivity index (χ3n) is 5.84. The standard InChI is InChI=1S/C24H31N3O3S/c1-26(2)22-10-9-19(25-24(29)17-7-8-17)13-18(22)15-27(16-20-5-3-11-30-20)23(28)14-21-6-4-12-31-21/h4,6,9-10,12-13,17,20H,3,5,7-8,11,14-16H2,1-2H3,(H,25,29). The summed E-state index contributed by atoms with van der Waals surface area (Å²) in [4.78, 5) is 30.5. The van der Waals surface area contributed by atoms with E-state index in [1.165, 1.54) is 0 Å². The molecule has 166 valence electrons. The van der Waals surface area contributed by atoms with E-state index in [0.29, 0.717) is 19.5 Å². The Bertz CT molecular complexity index is 903. The lowest BCUT2D eigenvalue weighted by atomic mass is 10.1. The van der Waals surface area contributed by atoms with Gasteiger partial charge in [0.15, 0.2) is 0 Å². The molecule has 0 spiro atoms. The van der Waals surface area contributed by atoms with Crippen molar-refractivity contribution in [2.75, 3.05) is 37.5 Å². The number of amides is 2. The van der Waals surface area contributed by atoms with Crippen LogP contribution in [0.25, 0.3) is 0 Å². The molecule has 0 radical (unpaired) electrons. The van der Waals surface area contributed by atoms with Crippen LogP contribution in [0.3, 0.4) is 0 Å². The molecular formula is C24H31N3O3S. The number of hydrogen-bond acceptors (Lipinski definition) is 5. The number of nitrogens with one attached hydrogen (secondary N) is 1. The summed E-state index contributed by atoms with van der Waals surface area (Å²) >= 11 is 1.61. The SMILES string of the molecule is CN(C)c1ccc(NC(=O)C2CC2)cc1CN(CC1CCCO1)C(=O)Cc1cccs1. The zero-order valence-corrected chi connectivity index (χ0v) is 19.1. The van der Waals surface area contributed by atoms with Crippen LogP contribution >= 0.6 is 11.3 Å². The van der Waals surface area contributed by atoms with Crippen LogP contribution in [0, 0.1) is 5.92 Å². The molecule has 6 nitrogen and oxygen atoms in total. The Hall–Kier alpha value is -2.38. The predicted octanol–water partition coefficient (Wildman–Crippen LogP) is 3.91. The molecule has 4 rings (SSSR count). The zero-order valence-electron chi connectivity index (χ0n) is 18.3. The second kappa shape index (κ2) is 9.83. The van der Waals surface area contributed by atoms with E-state index in [-0.39, 0.29) is 23.8 Å². The Labute approximate surface area is 188 Å². The molecule has 2 aliphatic rings. The molecule has 2 aromatic rings. The van der Waals surface area contributed by atoms with Gasteiger partial charge in [0.2, 0.25) is 11.8 Å². The highest BCUT2D eigenvalue weighted by atomic mass is 32.1. The van der Waals surface area contributed by atoms with E-state index < -0.39 is 0 Å². The fourth-order valence-electron chi connectivity index (χ4n) is 3.98. The van der Waals surface area contributed by atoms with Crippen molar-refractivity contribution in [3.8, 4) is 0 Å². The van der Waals surface area contributed by atoms with Gasteiger partial charge in [-0.25, -0.2) is 0 Å². The summed E-state index contributed by atoms with van der Waals surface area (Å²) in [5.41, 5.74) is 2.86. The molecule has 1 aromatic carbocycles. The fourth-order valence-corrected chi connectivity index (χ4v) is 4.68. The van der Waals surface area contributed by atoms with E-state index in [0.717, 1.165) is 54.1 Å². The van der Waals surface area contributed by atoms with Crippen molar-refractivity contribution < 1.29 is 14.3 Å². The van der Waals surface area contributed by atoms with Crippen LogP contribution in [0.15, 0.2) is 35.7 Å². The van der Waals surface area contributed by atoms with Gasteiger partial charge >= 0.3 is 0 Å². The van der Waals surface area contributed by atoms with E-state index in [9.17, 15) is 9.59 Å². The summed E-state index contributed by atoms with van der Waals surface area (Å²) in [6.07, 6.45) is 4.47. The van der Waals surface area contributed by atoms with E-state index in [1.807, 2.05) is 54.7 Å². The van der Waals surface area contributed by atoms with E-state index in [1.54, 1.807) is 11.3 Å². The lowest BCUT2D eigenvalue weighted by Crippen LogP contribution is -2.38. The summed E-state index contributed by atoms with van der Waals surface area (Å²) in [5, 5.41) is 5.04. The van der Waals surface area contributed by atoms with Gasteiger partial charge < -0.3 is 19.9 Å². The maximum Gasteiger partial charge on any atom is 0.228 e. The Morgan fingerprint density at radius 1 is 1.19 bits per heavy atom. The molecular weight excluding hydrogens is 410 g/mol. The fraction of sp³-hybridized carbons (Fsp3) is 0.500. The molecule has 2 amide bonds. The van der Waals surface area contributed by atoms with Crippen molar-refractivity contribution >= 4 is 34.5 Å². The summed E-state index contributed by atoms with van der Waals surface area (Å²) < 4.78 is 5.84. The number of anilines is 2. The Morgan fingerprint density at radius 3 is 2.68 bits per heavy atom. The zero-order chi connectivity index (χ0) is 21.8. The molecule has 1 saturated carbocycles. The molecule has 1 aliphatic heterocycles. The highest BCUT2D eigenvalue weighted by Crippen LogP contribution is 2.31. The van der Waals surface area contributed by atoms with E-state index >= 15 is 0 Å². The van der Waals surface area contributed by atoms with Gasteiger partial charge in [-0.05, 0) is 60.9 Å². The van der Waals surface area contributed by atoms with Crippen LogP contribution in [-0.2, 0) is 27.3 Å². The molecule has 7 heteroatoms. The molecule has 0 bridgehead atoms. The molecule has 1 aromatic heterocycles. The third kappa shape index (κ3) is 5.86. The van der Waals surface area contributed by atoms with Gasteiger partial charge in [-0.15, -0.1) is 11.3 Å². The number of thiophene rings is 1. The summed E-state index contributed by atoms with van der Waals surface area (Å²) in [6, 6.07) is 9.96. The molecule has 1 N–H and O–H groups in total. The lowest BCUT2D eigenvalue weighted by molar-refractivity contribution is -0.132. The first-order valence-corrected chi connectivity index (χ1v) is 11.9. The normalized spacial score (nSPS) is 18.1. The minimum absolute atomic E-state index is 0.0906. The first kappa shape index (κ1) is 21.8. The first-order valence-electron chi connectivity index (χ1n) is 11.0. The molecule has 2 heterocycles. The maximum absolute atomic E-state index is 13.2. The van der Waals surface area contributed by atoms with Gasteiger partial charge in [0.05, 0.1) is 12.5 Å². The van der Waals surface area contributed by atoms with Crippen molar-refractivity contribution in [3.05, 3.63) is 46.2 Å².